The van der Waals surface area contributed by atoms with Gasteiger partial charge in [-0.1, -0.05) is 49.4 Å². The van der Waals surface area contributed by atoms with Crippen LogP contribution in [-0.2, 0) is 10.3 Å². The van der Waals surface area contributed by atoms with Crippen LogP contribution in [0, 0.1) is 17.7 Å². The molecule has 0 radical (unpaired) electrons. The SMILES string of the molecule is CNCC(CC1CCCC1)NC(=O)N1CCC[C@@H]([C@@](O)(CCCCOC)c2cccc(Cl)c2F)C1. The van der Waals surface area contributed by atoms with E-state index in [1.165, 1.54) is 31.7 Å². The monoisotopic (exact) mass is 511 g/mol. The second-order valence-corrected chi connectivity index (χ2v) is 10.8. The molecule has 0 aromatic heterocycles. The quantitative estimate of drug-likeness (QED) is 0.342. The number of likely N-dealkylation sites (tertiary alicyclic amines) is 1. The summed E-state index contributed by atoms with van der Waals surface area (Å²) in [4.78, 5) is 15.1. The van der Waals surface area contributed by atoms with Crippen molar-refractivity contribution >= 4 is 17.6 Å². The fourth-order valence-corrected chi connectivity index (χ4v) is 6.12. The molecule has 2 fully saturated rings. The minimum Gasteiger partial charge on any atom is -0.385 e. The molecule has 198 valence electrons. The van der Waals surface area contributed by atoms with E-state index >= 15 is 4.39 Å². The first-order valence-electron chi connectivity index (χ1n) is 13.2. The molecule has 3 atom stereocenters. The molecule has 6 nitrogen and oxygen atoms in total. The number of piperidine rings is 1. The number of carbonyl (C=O) groups excluding carboxylic acids is 1. The summed E-state index contributed by atoms with van der Waals surface area (Å²) in [7, 11) is 3.56. The van der Waals surface area contributed by atoms with Gasteiger partial charge in [-0.25, -0.2) is 9.18 Å². The number of aliphatic hydroxyl groups is 1. The van der Waals surface area contributed by atoms with E-state index in [2.05, 4.69) is 10.6 Å². The van der Waals surface area contributed by atoms with E-state index in [0.717, 1.165) is 32.2 Å². The summed E-state index contributed by atoms with van der Waals surface area (Å²) >= 11 is 6.09. The van der Waals surface area contributed by atoms with Crippen LogP contribution in [0.2, 0.25) is 5.02 Å². The Bertz CT molecular complexity index is 808. The molecule has 8 heteroatoms. The normalized spacial score (nSPS) is 21.6. The third-order valence-electron chi connectivity index (χ3n) is 7.83. The predicted molar refractivity (Wildman–Crippen MR) is 138 cm³/mol. The highest BCUT2D eigenvalue weighted by molar-refractivity contribution is 6.30. The summed E-state index contributed by atoms with van der Waals surface area (Å²) in [6.45, 7) is 2.34. The zero-order valence-electron chi connectivity index (χ0n) is 21.3. The van der Waals surface area contributed by atoms with Crippen molar-refractivity contribution in [1.29, 1.82) is 0 Å². The van der Waals surface area contributed by atoms with Gasteiger partial charge in [-0.15, -0.1) is 0 Å². The average Bonchev–Trinajstić information content (AvgIpc) is 3.36. The number of unbranched alkanes of at least 4 members (excludes halogenated alkanes) is 1. The van der Waals surface area contributed by atoms with Crippen LogP contribution in [-0.4, -0.2) is 62.5 Å². The lowest BCUT2D eigenvalue weighted by Crippen LogP contribution is -2.54. The maximum absolute atomic E-state index is 15.1. The summed E-state index contributed by atoms with van der Waals surface area (Å²) in [5.74, 6) is -0.184. The third-order valence-corrected chi connectivity index (χ3v) is 8.12. The van der Waals surface area contributed by atoms with Crippen LogP contribution in [0.15, 0.2) is 18.2 Å². The zero-order chi connectivity index (χ0) is 25.3. The molecule has 1 saturated carbocycles. The number of urea groups is 1. The standard InChI is InChI=1S/C27H43ClFN3O3/c1-30-18-22(17-20-9-3-4-10-20)31-26(33)32-15-8-11-21(19-32)27(34,14-5-6-16-35-2)23-12-7-13-24(28)25(23)29/h7,12-13,20-22,30,34H,3-6,8-11,14-19H2,1-2H3,(H,31,33)/t21-,22?,27+/m1/s1. The van der Waals surface area contributed by atoms with Crippen molar-refractivity contribution in [2.24, 2.45) is 11.8 Å². The number of nitrogens with zero attached hydrogens (tertiary/aromatic N) is 1. The number of nitrogens with one attached hydrogen (secondary N) is 2. The van der Waals surface area contributed by atoms with Crippen molar-refractivity contribution in [3.63, 3.8) is 0 Å². The third kappa shape index (κ3) is 7.54. The number of hydrogen-bond acceptors (Lipinski definition) is 4. The van der Waals surface area contributed by atoms with Gasteiger partial charge in [0.2, 0.25) is 0 Å². The number of hydrogen-bond donors (Lipinski definition) is 3. The Morgan fingerprint density at radius 1 is 1.29 bits per heavy atom. The maximum atomic E-state index is 15.1. The second kappa shape index (κ2) is 13.8. The number of rotatable bonds is 12. The molecular formula is C27H43ClFN3O3. The van der Waals surface area contributed by atoms with Gasteiger partial charge >= 0.3 is 6.03 Å². The van der Waals surface area contributed by atoms with Gasteiger partial charge in [0, 0.05) is 50.9 Å². The Morgan fingerprint density at radius 3 is 2.77 bits per heavy atom. The highest BCUT2D eigenvalue weighted by Crippen LogP contribution is 2.42. The van der Waals surface area contributed by atoms with Crippen molar-refractivity contribution in [3.05, 3.63) is 34.6 Å². The molecular weight excluding hydrogens is 469 g/mol. The largest absolute Gasteiger partial charge is 0.385 e. The fraction of sp³-hybridized carbons (Fsp3) is 0.741. The molecule has 3 N–H and O–H groups in total. The summed E-state index contributed by atoms with van der Waals surface area (Å²) in [6, 6.07) is 4.79. The molecule has 0 bridgehead atoms. The van der Waals surface area contributed by atoms with Crippen molar-refractivity contribution in [2.75, 3.05) is 40.4 Å². The van der Waals surface area contributed by atoms with Gasteiger partial charge in [-0.3, -0.25) is 0 Å². The Kier molecular flexibility index (Phi) is 11.1. The first-order chi connectivity index (χ1) is 16.9. The molecule has 1 aliphatic heterocycles. The molecule has 1 aliphatic carbocycles. The van der Waals surface area contributed by atoms with E-state index in [1.54, 1.807) is 24.1 Å². The molecule has 1 heterocycles. The predicted octanol–water partition coefficient (Wildman–Crippen LogP) is 5.07. The van der Waals surface area contributed by atoms with Crippen molar-refractivity contribution < 1.29 is 19.0 Å². The second-order valence-electron chi connectivity index (χ2n) is 10.4. The van der Waals surface area contributed by atoms with Gasteiger partial charge < -0.3 is 25.4 Å². The Balaban J connectivity index is 1.73. The van der Waals surface area contributed by atoms with Crippen LogP contribution >= 0.6 is 11.6 Å². The molecule has 3 rings (SSSR count). The van der Waals surface area contributed by atoms with Crippen LogP contribution in [0.5, 0.6) is 0 Å². The first-order valence-corrected chi connectivity index (χ1v) is 13.6. The van der Waals surface area contributed by atoms with E-state index in [4.69, 9.17) is 16.3 Å². The minimum absolute atomic E-state index is 0.00467. The van der Waals surface area contributed by atoms with E-state index in [1.807, 2.05) is 7.05 Å². The number of likely N-dealkylation sites (N-methyl/N-ethyl adjacent to an activating group) is 1. The van der Waals surface area contributed by atoms with E-state index in [0.29, 0.717) is 38.5 Å². The van der Waals surface area contributed by atoms with Gasteiger partial charge in [-0.2, -0.15) is 0 Å². The molecule has 2 amide bonds. The maximum Gasteiger partial charge on any atom is 0.317 e. The Hall–Kier alpha value is -1.41. The molecule has 35 heavy (non-hydrogen) atoms. The molecule has 1 aromatic rings. The number of methoxy groups -OCH3 is 1. The lowest BCUT2D eigenvalue weighted by Gasteiger charge is -2.43. The van der Waals surface area contributed by atoms with Crippen LogP contribution in [0.4, 0.5) is 9.18 Å². The fourth-order valence-electron chi connectivity index (χ4n) is 5.94. The van der Waals surface area contributed by atoms with Gasteiger partial charge in [0.15, 0.2) is 0 Å². The number of carbonyl (C=O) groups is 1. The lowest BCUT2D eigenvalue weighted by molar-refractivity contribution is -0.0587. The number of benzene rings is 1. The first kappa shape index (κ1) is 28.2. The summed E-state index contributed by atoms with van der Waals surface area (Å²) in [5.41, 5.74) is -1.18. The molecule has 2 aliphatic rings. The molecule has 1 saturated heterocycles. The lowest BCUT2D eigenvalue weighted by atomic mass is 9.74. The Labute approximate surface area is 214 Å². The van der Waals surface area contributed by atoms with Crippen molar-refractivity contribution in [2.45, 2.75) is 75.9 Å². The smallest absolute Gasteiger partial charge is 0.317 e. The molecule has 1 aromatic carbocycles. The van der Waals surface area contributed by atoms with Crippen LogP contribution in [0.1, 0.15) is 69.8 Å². The van der Waals surface area contributed by atoms with Gasteiger partial charge in [0.25, 0.3) is 0 Å². The Morgan fingerprint density at radius 2 is 2.06 bits per heavy atom. The van der Waals surface area contributed by atoms with Crippen LogP contribution in [0.25, 0.3) is 0 Å². The molecule has 1 unspecified atom stereocenters. The summed E-state index contributed by atoms with van der Waals surface area (Å²) in [6.07, 6.45) is 9.35. The van der Waals surface area contributed by atoms with Crippen LogP contribution in [0.3, 0.4) is 0 Å². The van der Waals surface area contributed by atoms with Gasteiger partial charge in [-0.05, 0) is 57.6 Å². The van der Waals surface area contributed by atoms with E-state index in [-0.39, 0.29) is 28.6 Å². The highest BCUT2D eigenvalue weighted by atomic mass is 35.5. The van der Waals surface area contributed by atoms with E-state index < -0.39 is 11.4 Å². The van der Waals surface area contributed by atoms with Crippen molar-refractivity contribution in [1.82, 2.24) is 15.5 Å². The number of ether oxygens (including phenoxy) is 1. The van der Waals surface area contributed by atoms with Crippen molar-refractivity contribution in [3.8, 4) is 0 Å². The molecule has 0 spiro atoms. The van der Waals surface area contributed by atoms with Crippen LogP contribution < -0.4 is 10.6 Å². The number of halogens is 2. The minimum atomic E-state index is -1.41. The van der Waals surface area contributed by atoms with Gasteiger partial charge in [0.1, 0.15) is 5.82 Å². The average molecular weight is 512 g/mol. The zero-order valence-corrected chi connectivity index (χ0v) is 22.1. The van der Waals surface area contributed by atoms with Gasteiger partial charge in [0.05, 0.1) is 10.6 Å². The topological polar surface area (TPSA) is 73.8 Å². The number of amides is 2. The summed E-state index contributed by atoms with van der Waals surface area (Å²) < 4.78 is 20.3. The van der Waals surface area contributed by atoms with E-state index in [9.17, 15) is 9.90 Å². The summed E-state index contributed by atoms with van der Waals surface area (Å²) in [5, 5.41) is 18.4. The highest BCUT2D eigenvalue weighted by Gasteiger charge is 2.43.